The Kier molecular flexibility index (Phi) is 6.19. The number of anilines is 2. The second kappa shape index (κ2) is 8.79. The molecule has 152 valence electrons. The lowest BCUT2D eigenvalue weighted by Crippen LogP contribution is -2.40. The van der Waals surface area contributed by atoms with Gasteiger partial charge in [-0.05, 0) is 42.7 Å². The first-order valence-electron chi connectivity index (χ1n) is 9.25. The predicted molar refractivity (Wildman–Crippen MR) is 111 cm³/mol. The van der Waals surface area contributed by atoms with Crippen LogP contribution in [0.1, 0.15) is 21.5 Å². The number of benzene rings is 2. The van der Waals surface area contributed by atoms with Crippen molar-refractivity contribution in [2.75, 3.05) is 30.5 Å². The van der Waals surface area contributed by atoms with Gasteiger partial charge < -0.3 is 19.5 Å². The largest absolute Gasteiger partial charge is 0.496 e. The molecule has 7 nitrogen and oxygen atoms in total. The number of carbonyl (C=O) groups is 2. The average Bonchev–Trinajstić information content (AvgIpc) is 3.10. The van der Waals surface area contributed by atoms with Gasteiger partial charge in [0.2, 0.25) is 0 Å². The number of hydrogen-bond donors (Lipinski definition) is 2. The Bertz CT molecular complexity index is 941. The fourth-order valence-electron chi connectivity index (χ4n) is 3.48. The summed E-state index contributed by atoms with van der Waals surface area (Å²) in [5, 5.41) is 12.5. The van der Waals surface area contributed by atoms with Crippen LogP contribution in [0.5, 0.6) is 5.75 Å². The topological polar surface area (TPSA) is 88.1 Å². The van der Waals surface area contributed by atoms with E-state index in [2.05, 4.69) is 11.9 Å². The van der Waals surface area contributed by atoms with Gasteiger partial charge in [0.1, 0.15) is 12.4 Å². The van der Waals surface area contributed by atoms with Crippen molar-refractivity contribution >= 4 is 23.4 Å². The van der Waals surface area contributed by atoms with E-state index in [1.807, 2.05) is 31.2 Å². The molecule has 0 aliphatic carbocycles. The minimum atomic E-state index is -0.691. The lowest BCUT2D eigenvalue weighted by atomic mass is 10.1. The van der Waals surface area contributed by atoms with Crippen molar-refractivity contribution in [3.63, 3.8) is 0 Å². The van der Waals surface area contributed by atoms with Crippen LogP contribution in [0.2, 0.25) is 0 Å². The highest BCUT2D eigenvalue weighted by Crippen LogP contribution is 2.36. The number of methoxy groups -OCH3 is 1. The first-order chi connectivity index (χ1) is 14.0. The zero-order valence-electron chi connectivity index (χ0n) is 16.5. The lowest BCUT2D eigenvalue weighted by Gasteiger charge is -2.26. The molecule has 29 heavy (non-hydrogen) atoms. The normalized spacial score (nSPS) is 14.9. The Labute approximate surface area is 169 Å². The van der Waals surface area contributed by atoms with Crippen LogP contribution in [-0.2, 0) is 11.2 Å². The summed E-state index contributed by atoms with van der Waals surface area (Å²) >= 11 is 0. The highest BCUT2D eigenvalue weighted by Gasteiger charge is 2.35. The molecule has 0 saturated carbocycles. The van der Waals surface area contributed by atoms with Gasteiger partial charge in [0.05, 0.1) is 31.0 Å². The minimum Gasteiger partial charge on any atom is -0.496 e. The Hall–Kier alpha value is -3.32. The van der Waals surface area contributed by atoms with Crippen LogP contribution in [0.25, 0.3) is 0 Å². The molecule has 1 atom stereocenters. The molecule has 3 rings (SSSR count). The third kappa shape index (κ3) is 4.09. The molecule has 0 bridgehead atoms. The summed E-state index contributed by atoms with van der Waals surface area (Å²) in [6, 6.07) is 10.4. The van der Waals surface area contributed by atoms with Crippen LogP contribution >= 0.6 is 0 Å². The van der Waals surface area contributed by atoms with Gasteiger partial charge in [0.25, 0.3) is 5.91 Å². The highest BCUT2D eigenvalue weighted by atomic mass is 16.5. The quantitative estimate of drug-likeness (QED) is 0.732. The van der Waals surface area contributed by atoms with Gasteiger partial charge >= 0.3 is 6.09 Å². The Morgan fingerprint density at radius 2 is 2.10 bits per heavy atom. The summed E-state index contributed by atoms with van der Waals surface area (Å²) in [6.45, 7) is 5.20. The molecule has 2 amide bonds. The van der Waals surface area contributed by atoms with Gasteiger partial charge in [0, 0.05) is 5.69 Å². The molecule has 0 unspecified atom stereocenters. The van der Waals surface area contributed by atoms with Crippen LogP contribution in [0.3, 0.4) is 0 Å². The maximum Gasteiger partial charge on any atom is 0.411 e. The van der Waals surface area contributed by atoms with E-state index < -0.39 is 6.09 Å². The van der Waals surface area contributed by atoms with Crippen LogP contribution in [0, 0.1) is 6.92 Å². The molecular formula is C22H24N2O5. The standard InChI is InChI=1S/C22H24N2O5/c1-4-9-29-22(27)23-18-10-14(2)20(28-3)12-17(18)21(26)24-16(13-25)11-15-7-5-6-8-19(15)24/h4-8,10,12,16,25H,1,9,11,13H2,2-3H3,(H,23,27)/t16-/m0/s1. The number of aliphatic hydroxyl groups is 1. The molecule has 0 radical (unpaired) electrons. The molecular weight excluding hydrogens is 372 g/mol. The number of ether oxygens (including phenoxy) is 2. The van der Waals surface area contributed by atoms with Gasteiger partial charge in [-0.3, -0.25) is 10.1 Å². The van der Waals surface area contributed by atoms with Gasteiger partial charge in [-0.2, -0.15) is 0 Å². The van der Waals surface area contributed by atoms with E-state index in [0.29, 0.717) is 17.9 Å². The van der Waals surface area contributed by atoms with E-state index in [4.69, 9.17) is 9.47 Å². The summed E-state index contributed by atoms with van der Waals surface area (Å²) in [5.41, 5.74) is 3.04. The Morgan fingerprint density at radius 3 is 2.79 bits per heavy atom. The summed E-state index contributed by atoms with van der Waals surface area (Å²) in [5.74, 6) is 0.178. The fourth-order valence-corrected chi connectivity index (χ4v) is 3.48. The third-order valence-corrected chi connectivity index (χ3v) is 4.84. The van der Waals surface area contributed by atoms with Crippen molar-refractivity contribution in [2.45, 2.75) is 19.4 Å². The van der Waals surface area contributed by atoms with Crippen molar-refractivity contribution in [1.29, 1.82) is 0 Å². The van der Waals surface area contributed by atoms with Gasteiger partial charge in [0.15, 0.2) is 0 Å². The SMILES string of the molecule is C=CCOC(=O)Nc1cc(C)c(OC)cc1C(=O)N1c2ccccc2C[C@H]1CO. The van der Waals surface area contributed by atoms with Crippen molar-refractivity contribution in [1.82, 2.24) is 0 Å². The molecule has 0 saturated heterocycles. The number of aliphatic hydroxyl groups excluding tert-OH is 1. The molecule has 2 aromatic rings. The minimum absolute atomic E-state index is 0.0519. The smallest absolute Gasteiger partial charge is 0.411 e. The summed E-state index contributed by atoms with van der Waals surface area (Å²) < 4.78 is 10.4. The number of para-hydroxylation sites is 1. The number of nitrogens with one attached hydrogen (secondary N) is 1. The zero-order chi connectivity index (χ0) is 21.0. The molecule has 7 heteroatoms. The molecule has 0 fully saturated rings. The third-order valence-electron chi connectivity index (χ3n) is 4.84. The highest BCUT2D eigenvalue weighted by molar-refractivity contribution is 6.12. The Balaban J connectivity index is 2.02. The van der Waals surface area contributed by atoms with Crippen LogP contribution in [0.4, 0.5) is 16.2 Å². The Morgan fingerprint density at radius 1 is 1.34 bits per heavy atom. The van der Waals surface area contributed by atoms with Crippen molar-refractivity contribution in [2.24, 2.45) is 0 Å². The van der Waals surface area contributed by atoms with E-state index in [1.165, 1.54) is 13.2 Å². The molecule has 2 N–H and O–H groups in total. The van der Waals surface area contributed by atoms with Crippen molar-refractivity contribution in [3.05, 3.63) is 65.7 Å². The fraction of sp³-hybridized carbons (Fsp3) is 0.273. The van der Waals surface area contributed by atoms with Gasteiger partial charge in [-0.1, -0.05) is 30.9 Å². The number of aryl methyl sites for hydroxylation is 1. The summed E-state index contributed by atoms with van der Waals surface area (Å²) in [6.07, 6.45) is 1.33. The van der Waals surface area contributed by atoms with E-state index in [9.17, 15) is 14.7 Å². The van der Waals surface area contributed by atoms with Crippen molar-refractivity contribution in [3.8, 4) is 5.75 Å². The number of amides is 2. The van der Waals surface area contributed by atoms with Gasteiger partial charge in [-0.25, -0.2) is 4.79 Å². The van der Waals surface area contributed by atoms with Crippen LogP contribution in [-0.4, -0.2) is 43.5 Å². The van der Waals surface area contributed by atoms with E-state index >= 15 is 0 Å². The maximum absolute atomic E-state index is 13.5. The van der Waals surface area contributed by atoms with Crippen LogP contribution < -0.4 is 15.0 Å². The number of rotatable bonds is 6. The molecule has 1 aliphatic heterocycles. The monoisotopic (exact) mass is 396 g/mol. The average molecular weight is 396 g/mol. The van der Waals surface area contributed by atoms with Gasteiger partial charge in [-0.15, -0.1) is 0 Å². The predicted octanol–water partition coefficient (Wildman–Crippen LogP) is 3.30. The summed E-state index contributed by atoms with van der Waals surface area (Å²) in [4.78, 5) is 27.2. The van der Waals surface area contributed by atoms with Crippen molar-refractivity contribution < 1.29 is 24.2 Å². The molecule has 1 aliphatic rings. The molecule has 1 heterocycles. The first kappa shape index (κ1) is 20.4. The summed E-state index contributed by atoms with van der Waals surface area (Å²) in [7, 11) is 1.52. The maximum atomic E-state index is 13.5. The second-order valence-electron chi connectivity index (χ2n) is 6.72. The number of carbonyl (C=O) groups excluding carboxylic acids is 2. The van der Waals surface area contributed by atoms with Crippen LogP contribution in [0.15, 0.2) is 49.1 Å². The molecule has 2 aromatic carbocycles. The van der Waals surface area contributed by atoms with E-state index in [0.717, 1.165) is 16.8 Å². The zero-order valence-corrected chi connectivity index (χ0v) is 16.5. The molecule has 0 spiro atoms. The lowest BCUT2D eigenvalue weighted by molar-refractivity contribution is 0.0968. The second-order valence-corrected chi connectivity index (χ2v) is 6.72. The number of nitrogens with zero attached hydrogens (tertiary/aromatic N) is 1. The number of hydrogen-bond acceptors (Lipinski definition) is 5. The van der Waals surface area contributed by atoms with E-state index in [1.54, 1.807) is 17.0 Å². The van der Waals surface area contributed by atoms with E-state index in [-0.39, 0.29) is 30.7 Å². The number of fused-ring (bicyclic) bond motifs is 1. The molecule has 0 aromatic heterocycles. The first-order valence-corrected chi connectivity index (χ1v) is 9.25.